The van der Waals surface area contributed by atoms with Crippen LogP contribution in [0.4, 0.5) is 5.82 Å². The first kappa shape index (κ1) is 27.9. The first-order valence-electron chi connectivity index (χ1n) is 12.9. The van der Waals surface area contributed by atoms with Gasteiger partial charge in [0, 0.05) is 18.8 Å². The summed E-state index contributed by atoms with van der Waals surface area (Å²) in [7, 11) is 1.45. The van der Waals surface area contributed by atoms with Crippen molar-refractivity contribution in [3.8, 4) is 11.5 Å². The van der Waals surface area contributed by atoms with Gasteiger partial charge in [-0.2, -0.15) is 0 Å². The lowest BCUT2D eigenvalue weighted by molar-refractivity contribution is -0.129. The highest BCUT2D eigenvalue weighted by Crippen LogP contribution is 2.37. The number of carbonyl (C=O) groups excluding carboxylic acids is 1. The smallest absolute Gasteiger partial charge is 0.226 e. The Morgan fingerprint density at radius 2 is 2.03 bits per heavy atom. The number of hydrogen-bond acceptors (Lipinski definition) is 11. The molecule has 38 heavy (non-hydrogen) atoms. The van der Waals surface area contributed by atoms with Crippen LogP contribution in [0.2, 0.25) is 0 Å². The molecule has 1 aliphatic carbocycles. The standard InChI is InChI=1S/C25H35N7O5S/c1-4-6-9-26-22-19-23(29-25(28-22)38-10-5-2)32(31-30-19)16-12-15(20(34)21(16)35)24(36)27-13-14-7-8-17(33)18(11-14)37-3/h7-8,11,15-16,20-21,33-35H,4-6,9-10,12-13H2,1-3H3,(H,27,36)(H,26,28,29)/t15-,16?,20?,21?/m0/s1. The van der Waals surface area contributed by atoms with Crippen molar-refractivity contribution >= 4 is 34.7 Å². The van der Waals surface area contributed by atoms with Crippen molar-refractivity contribution in [1.82, 2.24) is 30.3 Å². The quantitative estimate of drug-likeness (QED) is 0.129. The van der Waals surface area contributed by atoms with Crippen molar-refractivity contribution < 1.29 is 24.9 Å². The first-order chi connectivity index (χ1) is 18.4. The van der Waals surface area contributed by atoms with Crippen LogP contribution in [0.25, 0.3) is 11.2 Å². The summed E-state index contributed by atoms with van der Waals surface area (Å²) in [6.07, 6.45) is 0.600. The largest absolute Gasteiger partial charge is 0.504 e. The van der Waals surface area contributed by atoms with Gasteiger partial charge in [-0.1, -0.05) is 43.3 Å². The van der Waals surface area contributed by atoms with E-state index in [2.05, 4.69) is 44.8 Å². The maximum Gasteiger partial charge on any atom is 0.226 e. The van der Waals surface area contributed by atoms with Gasteiger partial charge in [0.2, 0.25) is 5.91 Å². The number of aliphatic hydroxyl groups excluding tert-OH is 2. The number of nitrogens with one attached hydrogen (secondary N) is 2. The second-order valence-electron chi connectivity index (χ2n) is 9.30. The normalized spacial score (nSPS) is 21.1. The van der Waals surface area contributed by atoms with Crippen LogP contribution in [0.1, 0.15) is 51.1 Å². The Labute approximate surface area is 225 Å². The molecule has 12 nitrogen and oxygen atoms in total. The topological polar surface area (TPSA) is 168 Å². The Morgan fingerprint density at radius 1 is 1.21 bits per heavy atom. The van der Waals surface area contributed by atoms with Gasteiger partial charge < -0.3 is 30.7 Å². The zero-order valence-corrected chi connectivity index (χ0v) is 22.6. The number of aromatic hydroxyl groups is 1. The Morgan fingerprint density at radius 3 is 2.76 bits per heavy atom. The second kappa shape index (κ2) is 12.6. The number of phenolic OH excluding ortho intramolecular Hbond substituents is 1. The molecule has 13 heteroatoms. The number of ether oxygens (including phenoxy) is 1. The summed E-state index contributed by atoms with van der Waals surface area (Å²) in [6.45, 7) is 5.09. The number of thioether (sulfide) groups is 1. The van der Waals surface area contributed by atoms with Gasteiger partial charge in [-0.05, 0) is 37.0 Å². The number of anilines is 1. The molecule has 0 radical (unpaired) electrons. The number of rotatable bonds is 12. The number of fused-ring (bicyclic) bond motifs is 1. The average Bonchev–Trinajstić information content (AvgIpc) is 3.47. The summed E-state index contributed by atoms with van der Waals surface area (Å²) in [5.74, 6) is 0.482. The van der Waals surface area contributed by atoms with Gasteiger partial charge in [-0.25, -0.2) is 14.6 Å². The fourth-order valence-corrected chi connectivity index (χ4v) is 5.16. The number of amides is 1. The van der Waals surface area contributed by atoms with Gasteiger partial charge in [-0.3, -0.25) is 4.79 Å². The summed E-state index contributed by atoms with van der Waals surface area (Å²) in [5.41, 5.74) is 1.65. The molecule has 0 aliphatic heterocycles. The van der Waals surface area contributed by atoms with Crippen molar-refractivity contribution in [3.63, 3.8) is 0 Å². The van der Waals surface area contributed by atoms with E-state index in [0.717, 1.165) is 37.1 Å². The molecule has 2 heterocycles. The maximum absolute atomic E-state index is 13.0. The minimum Gasteiger partial charge on any atom is -0.504 e. The molecule has 4 rings (SSSR count). The molecule has 4 atom stereocenters. The van der Waals surface area contributed by atoms with E-state index in [1.807, 2.05) is 0 Å². The van der Waals surface area contributed by atoms with Crippen LogP contribution in [-0.4, -0.2) is 77.8 Å². The molecule has 3 unspecified atom stereocenters. The highest BCUT2D eigenvalue weighted by atomic mass is 32.2. The number of hydrogen-bond donors (Lipinski definition) is 5. The van der Waals surface area contributed by atoms with Crippen LogP contribution >= 0.6 is 11.8 Å². The van der Waals surface area contributed by atoms with Crippen molar-refractivity contribution in [3.05, 3.63) is 23.8 Å². The molecule has 5 N–H and O–H groups in total. The first-order valence-corrected chi connectivity index (χ1v) is 13.9. The third-order valence-corrected chi connectivity index (χ3v) is 7.63. The maximum atomic E-state index is 13.0. The molecule has 0 bridgehead atoms. The molecule has 1 amide bonds. The number of aliphatic hydroxyl groups is 2. The highest BCUT2D eigenvalue weighted by molar-refractivity contribution is 7.99. The molecule has 3 aromatic rings. The minimum atomic E-state index is -1.29. The molecule has 1 saturated carbocycles. The van der Waals surface area contributed by atoms with Crippen LogP contribution in [-0.2, 0) is 11.3 Å². The number of phenols is 1. The fraction of sp³-hybridized carbons (Fsp3) is 0.560. The Kier molecular flexibility index (Phi) is 9.23. The van der Waals surface area contributed by atoms with E-state index in [9.17, 15) is 20.1 Å². The number of benzene rings is 1. The van der Waals surface area contributed by atoms with Gasteiger partial charge in [0.15, 0.2) is 33.6 Å². The van der Waals surface area contributed by atoms with Crippen molar-refractivity contribution in [1.29, 1.82) is 0 Å². The molecule has 0 saturated heterocycles. The van der Waals surface area contributed by atoms with E-state index in [4.69, 9.17) is 4.74 Å². The van der Waals surface area contributed by atoms with Gasteiger partial charge in [0.1, 0.15) is 6.10 Å². The van der Waals surface area contributed by atoms with E-state index in [-0.39, 0.29) is 18.7 Å². The Hall–Kier alpha value is -3.16. The molecule has 206 valence electrons. The minimum absolute atomic E-state index is 0.00333. The number of unbranched alkanes of at least 4 members (excludes halogenated alkanes) is 1. The van der Waals surface area contributed by atoms with E-state index in [0.29, 0.717) is 27.9 Å². The van der Waals surface area contributed by atoms with Gasteiger partial charge >= 0.3 is 0 Å². The zero-order valence-electron chi connectivity index (χ0n) is 21.8. The zero-order chi connectivity index (χ0) is 27.2. The lowest BCUT2D eigenvalue weighted by Crippen LogP contribution is -2.38. The third-order valence-electron chi connectivity index (χ3n) is 6.57. The molecular weight excluding hydrogens is 510 g/mol. The number of aromatic nitrogens is 5. The number of methoxy groups -OCH3 is 1. The molecule has 0 spiro atoms. The molecule has 2 aromatic heterocycles. The summed E-state index contributed by atoms with van der Waals surface area (Å²) in [6, 6.07) is 4.09. The lowest BCUT2D eigenvalue weighted by Gasteiger charge is -2.17. The van der Waals surface area contributed by atoms with Gasteiger partial charge in [0.05, 0.1) is 25.2 Å². The van der Waals surface area contributed by atoms with Crippen LogP contribution < -0.4 is 15.4 Å². The fourth-order valence-electron chi connectivity index (χ4n) is 4.46. The monoisotopic (exact) mass is 545 g/mol. The highest BCUT2D eigenvalue weighted by Gasteiger charge is 2.47. The molecule has 1 aliphatic rings. The lowest BCUT2D eigenvalue weighted by atomic mass is 10.0. The van der Waals surface area contributed by atoms with Crippen molar-refractivity contribution in [2.75, 3.05) is 24.7 Å². The van der Waals surface area contributed by atoms with Crippen molar-refractivity contribution in [2.24, 2.45) is 5.92 Å². The second-order valence-corrected chi connectivity index (χ2v) is 10.4. The van der Waals surface area contributed by atoms with Gasteiger partial charge in [0.25, 0.3) is 0 Å². The predicted molar refractivity (Wildman–Crippen MR) is 143 cm³/mol. The van der Waals surface area contributed by atoms with E-state index in [1.54, 1.807) is 12.1 Å². The van der Waals surface area contributed by atoms with Crippen LogP contribution in [0, 0.1) is 5.92 Å². The van der Waals surface area contributed by atoms with Crippen molar-refractivity contribution in [2.45, 2.75) is 69.5 Å². The van der Waals surface area contributed by atoms with E-state index < -0.39 is 30.1 Å². The average molecular weight is 546 g/mol. The Bertz CT molecular complexity index is 1260. The summed E-state index contributed by atoms with van der Waals surface area (Å²) >= 11 is 1.53. The molecular formula is C25H35N7O5S. The summed E-state index contributed by atoms with van der Waals surface area (Å²) in [4.78, 5) is 22.3. The van der Waals surface area contributed by atoms with Gasteiger partial charge in [-0.15, -0.1) is 5.10 Å². The molecule has 1 fully saturated rings. The van der Waals surface area contributed by atoms with E-state index in [1.165, 1.54) is 29.6 Å². The predicted octanol–water partition coefficient (Wildman–Crippen LogP) is 2.25. The van der Waals surface area contributed by atoms with Crippen LogP contribution in [0.3, 0.4) is 0 Å². The summed E-state index contributed by atoms with van der Waals surface area (Å²) in [5, 5.41) is 46.7. The number of carbonyl (C=O) groups is 1. The molecule has 1 aromatic carbocycles. The van der Waals surface area contributed by atoms with E-state index >= 15 is 0 Å². The van der Waals surface area contributed by atoms with Crippen LogP contribution in [0.5, 0.6) is 11.5 Å². The SMILES string of the molecule is CCCCNc1nc(SCCC)nc2c1nnn2C1C[C@H](C(=O)NCc2ccc(O)c(OC)c2)C(O)C1O. The summed E-state index contributed by atoms with van der Waals surface area (Å²) < 4.78 is 6.62. The Balaban J connectivity index is 1.53. The van der Waals surface area contributed by atoms with Crippen LogP contribution in [0.15, 0.2) is 23.4 Å². The third kappa shape index (κ3) is 5.94. The number of nitrogens with zero attached hydrogens (tertiary/aromatic N) is 5.